The summed E-state index contributed by atoms with van der Waals surface area (Å²) in [4.78, 5) is 6.96. The van der Waals surface area contributed by atoms with Crippen LogP contribution in [0, 0.1) is 19.3 Å². The van der Waals surface area contributed by atoms with Crippen molar-refractivity contribution in [3.63, 3.8) is 0 Å². The molecule has 2 aromatic heterocycles. The van der Waals surface area contributed by atoms with Crippen molar-refractivity contribution in [2.75, 3.05) is 25.1 Å². The Morgan fingerprint density at radius 3 is 2.64 bits per heavy atom. The fourth-order valence-electron chi connectivity index (χ4n) is 3.34. The highest BCUT2D eigenvalue weighted by molar-refractivity contribution is 5.56. The van der Waals surface area contributed by atoms with Crippen LogP contribution < -0.4 is 4.90 Å². The van der Waals surface area contributed by atoms with Gasteiger partial charge in [-0.25, -0.2) is 4.98 Å². The zero-order valence-electron chi connectivity index (χ0n) is 14.1. The number of nitrogens with zero attached hydrogens (tertiary/aromatic N) is 4. The molecule has 2 aromatic rings. The van der Waals surface area contributed by atoms with Crippen LogP contribution in [0.25, 0.3) is 5.65 Å². The summed E-state index contributed by atoms with van der Waals surface area (Å²) in [6.07, 6.45) is 4.35. The van der Waals surface area contributed by atoms with Crippen LogP contribution in [0.15, 0.2) is 6.07 Å². The zero-order valence-corrected chi connectivity index (χ0v) is 14.1. The maximum absolute atomic E-state index is 9.73. The molecule has 1 N–H and O–H groups in total. The van der Waals surface area contributed by atoms with Crippen molar-refractivity contribution < 1.29 is 5.11 Å². The molecule has 0 saturated heterocycles. The highest BCUT2D eigenvalue weighted by atomic mass is 16.3. The topological polar surface area (TPSA) is 53.7 Å². The number of hydrogen-bond donors (Lipinski definition) is 1. The van der Waals surface area contributed by atoms with E-state index in [4.69, 9.17) is 4.98 Å². The SMILES string of the molecule is CCc1cc(N(C)CC2(CO)CCC2)n2nc(C)c(C)c2n1. The first kappa shape index (κ1) is 15.3. The van der Waals surface area contributed by atoms with Gasteiger partial charge in [0.05, 0.1) is 12.3 Å². The second-order valence-corrected chi connectivity index (χ2v) is 6.77. The molecule has 0 aromatic carbocycles. The van der Waals surface area contributed by atoms with Crippen LogP contribution in [0.4, 0.5) is 5.82 Å². The van der Waals surface area contributed by atoms with E-state index in [2.05, 4.69) is 37.0 Å². The van der Waals surface area contributed by atoms with E-state index in [1.54, 1.807) is 0 Å². The molecule has 0 bridgehead atoms. The molecule has 1 aliphatic rings. The van der Waals surface area contributed by atoms with E-state index in [0.29, 0.717) is 0 Å². The second kappa shape index (κ2) is 5.54. The number of aryl methyl sites for hydroxylation is 3. The first-order valence-electron chi connectivity index (χ1n) is 8.17. The largest absolute Gasteiger partial charge is 0.396 e. The second-order valence-electron chi connectivity index (χ2n) is 6.77. The van der Waals surface area contributed by atoms with Crippen LogP contribution >= 0.6 is 0 Å². The van der Waals surface area contributed by atoms with E-state index in [1.165, 1.54) is 6.42 Å². The quantitative estimate of drug-likeness (QED) is 0.922. The Kier molecular flexibility index (Phi) is 3.85. The maximum Gasteiger partial charge on any atom is 0.160 e. The summed E-state index contributed by atoms with van der Waals surface area (Å²) in [5.41, 5.74) is 4.27. The van der Waals surface area contributed by atoms with E-state index in [-0.39, 0.29) is 12.0 Å². The molecule has 0 unspecified atom stereocenters. The molecule has 3 rings (SSSR count). The van der Waals surface area contributed by atoms with Gasteiger partial charge in [0, 0.05) is 36.3 Å². The van der Waals surface area contributed by atoms with Gasteiger partial charge in [-0.15, -0.1) is 0 Å². The summed E-state index contributed by atoms with van der Waals surface area (Å²) in [7, 11) is 2.09. The normalized spacial score (nSPS) is 16.8. The highest BCUT2D eigenvalue weighted by Gasteiger charge is 2.37. The minimum absolute atomic E-state index is 0.0635. The lowest BCUT2D eigenvalue weighted by Crippen LogP contribution is -2.44. The minimum Gasteiger partial charge on any atom is -0.396 e. The van der Waals surface area contributed by atoms with Gasteiger partial charge in [-0.3, -0.25) is 0 Å². The molecule has 0 radical (unpaired) electrons. The molecule has 0 spiro atoms. The fourth-order valence-corrected chi connectivity index (χ4v) is 3.34. The fraction of sp³-hybridized carbons (Fsp3) is 0.647. The molecule has 22 heavy (non-hydrogen) atoms. The Morgan fingerprint density at radius 2 is 2.09 bits per heavy atom. The molecule has 0 atom stereocenters. The first-order chi connectivity index (χ1) is 10.5. The lowest BCUT2D eigenvalue weighted by atomic mass is 9.69. The lowest BCUT2D eigenvalue weighted by molar-refractivity contribution is 0.0522. The summed E-state index contributed by atoms with van der Waals surface area (Å²) in [6.45, 7) is 7.37. The molecule has 1 aliphatic carbocycles. The van der Waals surface area contributed by atoms with Crippen LogP contribution in [0.3, 0.4) is 0 Å². The van der Waals surface area contributed by atoms with Crippen LogP contribution in [-0.4, -0.2) is 39.9 Å². The van der Waals surface area contributed by atoms with Crippen molar-refractivity contribution in [1.82, 2.24) is 14.6 Å². The molecule has 120 valence electrons. The zero-order chi connectivity index (χ0) is 15.9. The summed E-state index contributed by atoms with van der Waals surface area (Å²) in [5, 5.41) is 14.4. The molecule has 1 saturated carbocycles. The summed E-state index contributed by atoms with van der Waals surface area (Å²) >= 11 is 0. The molecule has 5 nitrogen and oxygen atoms in total. The van der Waals surface area contributed by atoms with E-state index >= 15 is 0 Å². The van der Waals surface area contributed by atoms with Gasteiger partial charge < -0.3 is 10.0 Å². The number of aromatic nitrogens is 3. The third-order valence-corrected chi connectivity index (χ3v) is 5.17. The number of anilines is 1. The third kappa shape index (κ3) is 2.37. The Bertz CT molecular complexity index is 682. The molecule has 0 aliphatic heterocycles. The van der Waals surface area contributed by atoms with Crippen LogP contribution in [-0.2, 0) is 6.42 Å². The predicted octanol–water partition coefficient (Wildman–Crippen LogP) is 2.51. The predicted molar refractivity (Wildman–Crippen MR) is 88.5 cm³/mol. The number of aliphatic hydroxyl groups is 1. The number of aliphatic hydroxyl groups excluding tert-OH is 1. The number of fused-ring (bicyclic) bond motifs is 1. The van der Waals surface area contributed by atoms with E-state index in [0.717, 1.165) is 54.2 Å². The van der Waals surface area contributed by atoms with Gasteiger partial charge in [-0.05, 0) is 33.1 Å². The van der Waals surface area contributed by atoms with Gasteiger partial charge in [0.25, 0.3) is 0 Å². The van der Waals surface area contributed by atoms with Crippen LogP contribution in [0.1, 0.15) is 43.1 Å². The van der Waals surface area contributed by atoms with Gasteiger partial charge in [-0.2, -0.15) is 9.61 Å². The molecular formula is C17H26N4O. The number of hydrogen-bond acceptors (Lipinski definition) is 4. The van der Waals surface area contributed by atoms with E-state index in [9.17, 15) is 5.11 Å². The molecule has 1 fully saturated rings. The lowest BCUT2D eigenvalue weighted by Gasteiger charge is -2.43. The number of rotatable bonds is 5. The van der Waals surface area contributed by atoms with Crippen molar-refractivity contribution in [1.29, 1.82) is 0 Å². The monoisotopic (exact) mass is 302 g/mol. The van der Waals surface area contributed by atoms with Crippen molar-refractivity contribution >= 4 is 11.5 Å². The Labute approximate surface area is 132 Å². The van der Waals surface area contributed by atoms with Crippen molar-refractivity contribution in [3.05, 3.63) is 23.0 Å². The van der Waals surface area contributed by atoms with Gasteiger partial charge >= 0.3 is 0 Å². The van der Waals surface area contributed by atoms with Crippen LogP contribution in [0.5, 0.6) is 0 Å². The summed E-state index contributed by atoms with van der Waals surface area (Å²) in [5.74, 6) is 1.07. The molecule has 0 amide bonds. The Balaban J connectivity index is 2.03. The first-order valence-corrected chi connectivity index (χ1v) is 8.17. The van der Waals surface area contributed by atoms with Gasteiger partial charge in [-0.1, -0.05) is 13.3 Å². The summed E-state index contributed by atoms with van der Waals surface area (Å²) in [6, 6.07) is 2.13. The van der Waals surface area contributed by atoms with Crippen molar-refractivity contribution in [2.45, 2.75) is 46.5 Å². The van der Waals surface area contributed by atoms with Gasteiger partial charge in [0.1, 0.15) is 5.82 Å². The summed E-state index contributed by atoms with van der Waals surface area (Å²) < 4.78 is 1.95. The Morgan fingerprint density at radius 1 is 1.36 bits per heavy atom. The smallest absolute Gasteiger partial charge is 0.160 e. The third-order valence-electron chi connectivity index (χ3n) is 5.17. The average molecular weight is 302 g/mol. The maximum atomic E-state index is 9.73. The van der Waals surface area contributed by atoms with Crippen molar-refractivity contribution in [3.8, 4) is 0 Å². The van der Waals surface area contributed by atoms with E-state index in [1.807, 2.05) is 11.4 Å². The molecule has 2 heterocycles. The standard InChI is InChI=1S/C17H26N4O/c1-5-14-9-15(20(4)10-17(11-22)7-6-8-17)21-16(18-14)12(2)13(3)19-21/h9,22H,5-8,10-11H2,1-4H3. The minimum atomic E-state index is 0.0635. The highest BCUT2D eigenvalue weighted by Crippen LogP contribution is 2.41. The van der Waals surface area contributed by atoms with Gasteiger partial charge in [0.15, 0.2) is 5.65 Å². The molecule has 5 heteroatoms. The van der Waals surface area contributed by atoms with E-state index < -0.39 is 0 Å². The molecular weight excluding hydrogens is 276 g/mol. The Hall–Kier alpha value is -1.62. The van der Waals surface area contributed by atoms with Crippen LogP contribution in [0.2, 0.25) is 0 Å². The van der Waals surface area contributed by atoms with Crippen molar-refractivity contribution in [2.24, 2.45) is 5.41 Å². The van der Waals surface area contributed by atoms with Gasteiger partial charge in [0.2, 0.25) is 0 Å². The average Bonchev–Trinajstić information content (AvgIpc) is 2.77.